The predicted octanol–water partition coefficient (Wildman–Crippen LogP) is 11.8. The molecule has 0 bridgehead atoms. The molecule has 59 heavy (non-hydrogen) atoms. The van der Waals surface area contributed by atoms with Crippen LogP contribution in [0.25, 0.3) is 0 Å². The van der Waals surface area contributed by atoms with Crippen LogP contribution >= 0.6 is 7.26 Å². The highest BCUT2D eigenvalue weighted by molar-refractivity contribution is 7.95. The van der Waals surface area contributed by atoms with Crippen LogP contribution in [0.1, 0.15) is 54.9 Å². The van der Waals surface area contributed by atoms with E-state index in [0.717, 1.165) is 44.9 Å². The first kappa shape index (κ1) is 42.0. The van der Waals surface area contributed by atoms with Crippen LogP contribution in [0.4, 0.5) is 0 Å². The Morgan fingerprint density at radius 3 is 1.19 bits per heavy atom. The van der Waals surface area contributed by atoms with Crippen LogP contribution in [0.2, 0.25) is 0 Å². The Kier molecular flexibility index (Phi) is 15.9. The zero-order valence-corrected chi connectivity index (χ0v) is 35.4. The second-order valence-electron chi connectivity index (χ2n) is 15.6. The maximum Gasteiger partial charge on any atom is 0.112 e. The molecule has 7 aromatic rings. The highest BCUT2D eigenvalue weighted by atomic mass is 31.2. The summed E-state index contributed by atoms with van der Waals surface area (Å²) >= 11 is 0. The summed E-state index contributed by atoms with van der Waals surface area (Å²) in [5.41, 5.74) is 4.99. The van der Waals surface area contributed by atoms with E-state index in [2.05, 4.69) is 224 Å². The van der Waals surface area contributed by atoms with E-state index in [1.165, 1.54) is 38.2 Å². The molecule has 3 nitrogen and oxygen atoms in total. The standard InChI is InChI=1S/C55H59NO2P/c1-46(56(42-47-25-9-2-10-26-47)43-48-27-11-3-12-28-48)55(58-45-50-31-15-5-16-32-50)41-51(57-44-49-29-13-4-14-30-49)33-23-24-40-59(52-34-17-6-18-35-52,53-36-19-7-20-37-53)54-38-21-8-22-39-54/h2-22,25-32,34-39,46,51,55H,23-24,33,40-45H2,1H3/q+1/t46-,51+,55-/m0/s1. The normalized spacial score (nSPS) is 13.2. The van der Waals surface area contributed by atoms with E-state index in [4.69, 9.17) is 9.47 Å². The van der Waals surface area contributed by atoms with Crippen molar-refractivity contribution in [2.45, 2.75) is 77.2 Å². The second kappa shape index (κ2) is 22.3. The summed E-state index contributed by atoms with van der Waals surface area (Å²) in [7, 11) is -1.92. The molecule has 0 aliphatic carbocycles. The van der Waals surface area contributed by atoms with Gasteiger partial charge in [-0.25, -0.2) is 0 Å². The van der Waals surface area contributed by atoms with Crippen LogP contribution in [0.3, 0.4) is 0 Å². The van der Waals surface area contributed by atoms with Gasteiger partial charge in [0.25, 0.3) is 0 Å². The van der Waals surface area contributed by atoms with Gasteiger partial charge in [0.15, 0.2) is 0 Å². The summed E-state index contributed by atoms with van der Waals surface area (Å²) in [5, 5.41) is 4.32. The zero-order chi connectivity index (χ0) is 40.4. The van der Waals surface area contributed by atoms with E-state index in [0.29, 0.717) is 13.2 Å². The lowest BCUT2D eigenvalue weighted by Gasteiger charge is -2.36. The summed E-state index contributed by atoms with van der Waals surface area (Å²) in [6.45, 7) is 5.17. The van der Waals surface area contributed by atoms with Gasteiger partial charge in [0.05, 0.1) is 31.6 Å². The first-order chi connectivity index (χ1) is 29.2. The topological polar surface area (TPSA) is 21.7 Å². The Hall–Kier alpha value is -5.15. The van der Waals surface area contributed by atoms with Crippen LogP contribution in [0.5, 0.6) is 0 Å². The van der Waals surface area contributed by atoms with E-state index in [1.54, 1.807) is 0 Å². The molecule has 0 aromatic heterocycles. The predicted molar refractivity (Wildman–Crippen MR) is 250 cm³/mol. The van der Waals surface area contributed by atoms with E-state index in [1.807, 2.05) is 0 Å². The van der Waals surface area contributed by atoms with Gasteiger partial charge in [0.2, 0.25) is 0 Å². The van der Waals surface area contributed by atoms with Crippen molar-refractivity contribution in [2.24, 2.45) is 0 Å². The molecule has 3 atom stereocenters. The Morgan fingerprint density at radius 2 is 0.780 bits per heavy atom. The van der Waals surface area contributed by atoms with Gasteiger partial charge in [-0.3, -0.25) is 4.90 Å². The molecule has 0 heterocycles. The number of unbranched alkanes of at least 4 members (excludes halogenated alkanes) is 1. The number of benzene rings is 7. The van der Waals surface area contributed by atoms with Gasteiger partial charge in [-0.05, 0) is 84.8 Å². The number of hydrogen-bond donors (Lipinski definition) is 0. The Balaban J connectivity index is 1.16. The highest BCUT2D eigenvalue weighted by Crippen LogP contribution is 2.56. The van der Waals surface area contributed by atoms with Crippen molar-refractivity contribution in [1.29, 1.82) is 0 Å². The van der Waals surface area contributed by atoms with Crippen molar-refractivity contribution in [3.05, 3.63) is 235 Å². The molecule has 0 amide bonds. The molecule has 0 unspecified atom stereocenters. The third-order valence-electron chi connectivity index (χ3n) is 11.6. The van der Waals surface area contributed by atoms with Gasteiger partial charge in [0.1, 0.15) is 23.2 Å². The van der Waals surface area contributed by atoms with E-state index >= 15 is 0 Å². The first-order valence-corrected chi connectivity index (χ1v) is 23.3. The first-order valence-electron chi connectivity index (χ1n) is 21.4. The lowest BCUT2D eigenvalue weighted by molar-refractivity contribution is -0.0668. The molecule has 0 saturated carbocycles. The van der Waals surface area contributed by atoms with Crippen LogP contribution < -0.4 is 15.9 Å². The molecule has 7 rings (SSSR count). The van der Waals surface area contributed by atoms with E-state index in [-0.39, 0.29) is 18.2 Å². The second-order valence-corrected chi connectivity index (χ2v) is 19.3. The van der Waals surface area contributed by atoms with Crippen molar-refractivity contribution in [1.82, 2.24) is 4.90 Å². The molecule has 7 aromatic carbocycles. The summed E-state index contributed by atoms with van der Waals surface area (Å²) in [4.78, 5) is 2.59. The maximum atomic E-state index is 7.05. The smallest absolute Gasteiger partial charge is 0.112 e. The van der Waals surface area contributed by atoms with Gasteiger partial charge < -0.3 is 9.47 Å². The summed E-state index contributed by atoms with van der Waals surface area (Å²) < 4.78 is 14.0. The Morgan fingerprint density at radius 1 is 0.424 bits per heavy atom. The van der Waals surface area contributed by atoms with Gasteiger partial charge >= 0.3 is 0 Å². The molecule has 300 valence electrons. The third kappa shape index (κ3) is 12.0. The molecule has 0 aliphatic rings. The van der Waals surface area contributed by atoms with Crippen molar-refractivity contribution < 1.29 is 9.47 Å². The fourth-order valence-electron chi connectivity index (χ4n) is 8.32. The van der Waals surface area contributed by atoms with Gasteiger partial charge in [-0.1, -0.05) is 176 Å². The molecular formula is C55H59NO2P+. The van der Waals surface area contributed by atoms with Gasteiger partial charge in [-0.2, -0.15) is 0 Å². The summed E-state index contributed by atoms with van der Waals surface area (Å²) in [5.74, 6) is 0. The summed E-state index contributed by atoms with van der Waals surface area (Å²) in [6, 6.07) is 76.8. The average molecular weight is 797 g/mol. The molecule has 0 radical (unpaired) electrons. The van der Waals surface area contributed by atoms with Gasteiger partial charge in [-0.15, -0.1) is 0 Å². The fourth-order valence-corrected chi connectivity index (χ4v) is 12.7. The largest absolute Gasteiger partial charge is 0.373 e. The number of ether oxygens (including phenoxy) is 2. The minimum atomic E-state index is -1.92. The molecule has 0 fully saturated rings. The molecule has 0 aliphatic heterocycles. The van der Waals surface area contributed by atoms with Gasteiger partial charge in [0, 0.05) is 25.6 Å². The molecule has 4 heteroatoms. The lowest BCUT2D eigenvalue weighted by atomic mass is 9.99. The quantitative estimate of drug-likeness (QED) is 0.0504. The van der Waals surface area contributed by atoms with Crippen LogP contribution in [-0.4, -0.2) is 29.3 Å². The minimum absolute atomic E-state index is 0.0200. The molecule has 0 N–H and O–H groups in total. The molecule has 0 spiro atoms. The van der Waals surface area contributed by atoms with Crippen molar-refractivity contribution in [3.63, 3.8) is 0 Å². The Labute approximate surface area is 354 Å². The number of hydrogen-bond acceptors (Lipinski definition) is 3. The van der Waals surface area contributed by atoms with Crippen LogP contribution in [0.15, 0.2) is 212 Å². The SMILES string of the molecule is C[C@@H]([C@H](C[C@@H](CCCC[P+](c1ccccc1)(c1ccccc1)c1ccccc1)OCc1ccccc1)OCc1ccccc1)N(Cc1ccccc1)Cc1ccccc1. The zero-order valence-electron chi connectivity index (χ0n) is 34.5. The number of rotatable bonds is 22. The minimum Gasteiger partial charge on any atom is -0.373 e. The lowest BCUT2D eigenvalue weighted by Crippen LogP contribution is -2.44. The summed E-state index contributed by atoms with van der Waals surface area (Å²) in [6.07, 6.45) is 4.97. The van der Waals surface area contributed by atoms with Crippen molar-refractivity contribution >= 4 is 23.2 Å². The van der Waals surface area contributed by atoms with E-state index < -0.39 is 7.26 Å². The molecular weight excluding hydrogens is 738 g/mol. The van der Waals surface area contributed by atoms with Crippen molar-refractivity contribution in [2.75, 3.05) is 6.16 Å². The highest BCUT2D eigenvalue weighted by Gasteiger charge is 2.44. The van der Waals surface area contributed by atoms with Crippen LogP contribution in [-0.2, 0) is 35.8 Å². The van der Waals surface area contributed by atoms with Crippen molar-refractivity contribution in [3.8, 4) is 0 Å². The fraction of sp³-hybridized carbons (Fsp3) is 0.236. The Bertz CT molecular complexity index is 2030. The third-order valence-corrected chi connectivity index (χ3v) is 16.1. The van der Waals surface area contributed by atoms with E-state index in [9.17, 15) is 0 Å². The number of nitrogens with zero attached hydrogens (tertiary/aromatic N) is 1. The molecule has 0 saturated heterocycles. The maximum absolute atomic E-state index is 7.05. The van der Waals surface area contributed by atoms with Crippen LogP contribution in [0, 0.1) is 0 Å². The average Bonchev–Trinajstić information content (AvgIpc) is 3.31. The monoisotopic (exact) mass is 796 g/mol.